The van der Waals surface area contributed by atoms with Crippen molar-refractivity contribution in [2.24, 2.45) is 0 Å². The Morgan fingerprint density at radius 1 is 1.14 bits per heavy atom. The molecule has 0 fully saturated rings. The van der Waals surface area contributed by atoms with E-state index in [1.165, 1.54) is 18.2 Å². The fraction of sp³-hybridized carbons (Fsp3) is 0.357. The van der Waals surface area contributed by atoms with Crippen LogP contribution in [0.3, 0.4) is 0 Å². The molecule has 1 aromatic rings. The zero-order valence-corrected chi connectivity index (χ0v) is 13.0. The summed E-state index contributed by atoms with van der Waals surface area (Å²) in [6, 6.07) is 4.52. The summed E-state index contributed by atoms with van der Waals surface area (Å²) in [7, 11) is 1.65. The zero-order chi connectivity index (χ0) is 15.8. The van der Waals surface area contributed by atoms with Gasteiger partial charge in [-0.3, -0.25) is 0 Å². The Bertz CT molecular complexity index is 546. The van der Waals surface area contributed by atoms with Crippen LogP contribution in [0, 0.1) is 0 Å². The minimum atomic E-state index is -0.491. The maximum Gasteiger partial charge on any atom is 0.340 e. The zero-order valence-electron chi connectivity index (χ0n) is 12.2. The third-order valence-corrected chi connectivity index (χ3v) is 2.81. The first-order valence-electron chi connectivity index (χ1n) is 6.50. The predicted octanol–water partition coefficient (Wildman–Crippen LogP) is 1.96. The number of carbonyl (C=O) groups excluding carboxylic acids is 2. The molecule has 0 saturated heterocycles. The second-order valence-corrected chi connectivity index (χ2v) is 4.31. The van der Waals surface area contributed by atoms with Gasteiger partial charge < -0.3 is 20.1 Å². The first-order valence-corrected chi connectivity index (χ1v) is 6.91. The lowest BCUT2D eigenvalue weighted by Gasteiger charge is -2.13. The third kappa shape index (κ3) is 4.71. The Kier molecular flexibility index (Phi) is 6.61. The number of ether oxygens (including phenoxy) is 2. The van der Waals surface area contributed by atoms with Crippen LogP contribution in [0.5, 0.6) is 0 Å². The van der Waals surface area contributed by atoms with Crippen LogP contribution in [0.2, 0.25) is 0 Å². The fourth-order valence-electron chi connectivity index (χ4n) is 1.56. The number of hydrogen-bond donors (Lipinski definition) is 2. The number of benzene rings is 1. The number of rotatable bonds is 5. The van der Waals surface area contributed by atoms with Crippen LogP contribution in [0.1, 0.15) is 34.6 Å². The summed E-state index contributed by atoms with van der Waals surface area (Å²) in [4.78, 5) is 23.6. The van der Waals surface area contributed by atoms with Crippen molar-refractivity contribution in [2.45, 2.75) is 13.8 Å². The molecule has 0 atom stereocenters. The lowest BCUT2D eigenvalue weighted by atomic mass is 10.1. The van der Waals surface area contributed by atoms with Crippen LogP contribution in [0.25, 0.3) is 0 Å². The summed E-state index contributed by atoms with van der Waals surface area (Å²) in [6.07, 6.45) is 0. The summed E-state index contributed by atoms with van der Waals surface area (Å²) in [5.41, 5.74) is 1.01. The van der Waals surface area contributed by atoms with Gasteiger partial charge in [0.25, 0.3) is 0 Å². The van der Waals surface area contributed by atoms with Crippen LogP contribution < -0.4 is 10.6 Å². The first-order chi connectivity index (χ1) is 10.0. The summed E-state index contributed by atoms with van der Waals surface area (Å²) in [5, 5.41) is 5.91. The molecule has 0 bridgehead atoms. The van der Waals surface area contributed by atoms with Gasteiger partial charge in [0.2, 0.25) is 0 Å². The number of thiocarbonyl (C=S) groups is 1. The van der Waals surface area contributed by atoms with E-state index in [2.05, 4.69) is 10.6 Å². The van der Waals surface area contributed by atoms with Crippen molar-refractivity contribution in [3.8, 4) is 0 Å². The predicted molar refractivity (Wildman–Crippen MR) is 83.6 cm³/mol. The van der Waals surface area contributed by atoms with E-state index in [1.807, 2.05) is 0 Å². The van der Waals surface area contributed by atoms with Crippen molar-refractivity contribution >= 4 is 35.0 Å². The lowest BCUT2D eigenvalue weighted by molar-refractivity contribution is 0.0512. The molecule has 0 radical (unpaired) electrons. The highest BCUT2D eigenvalue weighted by molar-refractivity contribution is 7.80. The van der Waals surface area contributed by atoms with E-state index >= 15 is 0 Å². The smallest absolute Gasteiger partial charge is 0.340 e. The second-order valence-electron chi connectivity index (χ2n) is 3.91. The third-order valence-electron chi connectivity index (χ3n) is 2.50. The largest absolute Gasteiger partial charge is 0.462 e. The highest BCUT2D eigenvalue weighted by Gasteiger charge is 2.16. The minimum Gasteiger partial charge on any atom is -0.462 e. The standard InChI is InChI=1S/C14H18N2O4S/c1-4-19-12(17)9-6-7-10(13(18)20-5-2)11(8-9)16-14(21)15-3/h6-8H,4-5H2,1-3H3,(H2,15,16,21). The Morgan fingerprint density at radius 2 is 1.76 bits per heavy atom. The maximum atomic E-state index is 11.9. The van der Waals surface area contributed by atoms with Crippen molar-refractivity contribution in [2.75, 3.05) is 25.6 Å². The molecule has 0 aliphatic carbocycles. The molecule has 0 unspecified atom stereocenters. The molecular formula is C14H18N2O4S. The number of nitrogens with one attached hydrogen (secondary N) is 2. The van der Waals surface area contributed by atoms with Crippen molar-refractivity contribution in [1.82, 2.24) is 5.32 Å². The molecule has 1 aromatic carbocycles. The maximum absolute atomic E-state index is 11.9. The molecule has 2 N–H and O–H groups in total. The highest BCUT2D eigenvalue weighted by atomic mass is 32.1. The summed E-state index contributed by atoms with van der Waals surface area (Å²) in [5.74, 6) is -0.958. The van der Waals surface area contributed by atoms with E-state index in [-0.39, 0.29) is 13.2 Å². The average molecular weight is 310 g/mol. The van der Waals surface area contributed by atoms with Gasteiger partial charge in [0.1, 0.15) is 0 Å². The monoisotopic (exact) mass is 310 g/mol. The molecule has 1 rings (SSSR count). The number of hydrogen-bond acceptors (Lipinski definition) is 5. The van der Waals surface area contributed by atoms with Crippen LogP contribution in [0.15, 0.2) is 18.2 Å². The lowest BCUT2D eigenvalue weighted by Crippen LogP contribution is -2.25. The van der Waals surface area contributed by atoms with Gasteiger partial charge in [0, 0.05) is 7.05 Å². The highest BCUT2D eigenvalue weighted by Crippen LogP contribution is 2.20. The first kappa shape index (κ1) is 16.9. The van der Waals surface area contributed by atoms with Gasteiger partial charge in [-0.2, -0.15) is 0 Å². The topological polar surface area (TPSA) is 76.7 Å². The SMILES string of the molecule is CCOC(=O)c1ccc(C(=O)OCC)c(NC(=S)NC)c1. The number of anilines is 1. The second kappa shape index (κ2) is 8.21. The average Bonchev–Trinajstić information content (AvgIpc) is 2.47. The summed E-state index contributed by atoms with van der Waals surface area (Å²) in [6.45, 7) is 3.97. The van der Waals surface area contributed by atoms with E-state index in [0.29, 0.717) is 21.9 Å². The Hall–Kier alpha value is -2.15. The molecule has 0 aliphatic rings. The number of esters is 2. The Morgan fingerprint density at radius 3 is 2.33 bits per heavy atom. The molecule has 114 valence electrons. The van der Waals surface area contributed by atoms with Gasteiger partial charge in [0.15, 0.2) is 5.11 Å². The van der Waals surface area contributed by atoms with E-state index < -0.39 is 11.9 Å². The van der Waals surface area contributed by atoms with Crippen molar-refractivity contribution in [3.05, 3.63) is 29.3 Å². The normalized spacial score (nSPS) is 9.67. The molecule has 6 nitrogen and oxygen atoms in total. The minimum absolute atomic E-state index is 0.258. The molecular weight excluding hydrogens is 292 g/mol. The summed E-state index contributed by atoms with van der Waals surface area (Å²) >= 11 is 5.02. The molecule has 0 aliphatic heterocycles. The Labute approximate surface area is 128 Å². The molecule has 0 heterocycles. The van der Waals surface area contributed by atoms with Gasteiger partial charge in [0.05, 0.1) is 30.0 Å². The fourth-order valence-corrected chi connectivity index (χ4v) is 1.67. The van der Waals surface area contributed by atoms with Crippen molar-refractivity contribution in [3.63, 3.8) is 0 Å². The van der Waals surface area contributed by atoms with Gasteiger partial charge >= 0.3 is 11.9 Å². The van der Waals surface area contributed by atoms with E-state index in [1.54, 1.807) is 20.9 Å². The summed E-state index contributed by atoms with van der Waals surface area (Å²) < 4.78 is 9.90. The van der Waals surface area contributed by atoms with Crippen LogP contribution in [-0.2, 0) is 9.47 Å². The van der Waals surface area contributed by atoms with Crippen molar-refractivity contribution < 1.29 is 19.1 Å². The quantitative estimate of drug-likeness (QED) is 0.636. The van der Waals surface area contributed by atoms with Gasteiger partial charge in [-0.05, 0) is 44.3 Å². The molecule has 0 aromatic heterocycles. The van der Waals surface area contributed by atoms with E-state index in [4.69, 9.17) is 21.7 Å². The van der Waals surface area contributed by atoms with Crippen LogP contribution in [0.4, 0.5) is 5.69 Å². The number of carbonyl (C=O) groups is 2. The molecule has 7 heteroatoms. The van der Waals surface area contributed by atoms with E-state index in [0.717, 1.165) is 0 Å². The van der Waals surface area contributed by atoms with E-state index in [9.17, 15) is 9.59 Å². The van der Waals surface area contributed by atoms with Crippen molar-refractivity contribution in [1.29, 1.82) is 0 Å². The molecule has 0 saturated carbocycles. The molecule has 21 heavy (non-hydrogen) atoms. The molecule has 0 amide bonds. The Balaban J connectivity index is 3.15. The van der Waals surface area contributed by atoms with Gasteiger partial charge in [-0.1, -0.05) is 0 Å². The molecule has 0 spiro atoms. The van der Waals surface area contributed by atoms with Crippen LogP contribution in [-0.4, -0.2) is 37.3 Å². The van der Waals surface area contributed by atoms with Gasteiger partial charge in [-0.25, -0.2) is 9.59 Å². The van der Waals surface area contributed by atoms with Gasteiger partial charge in [-0.15, -0.1) is 0 Å². The van der Waals surface area contributed by atoms with Crippen LogP contribution >= 0.6 is 12.2 Å².